The average Bonchev–Trinajstić information content (AvgIpc) is 3.04. The predicted octanol–water partition coefficient (Wildman–Crippen LogP) is 3.21. The first-order valence-electron chi connectivity index (χ1n) is 8.07. The maximum atomic E-state index is 13.1. The highest BCUT2D eigenvalue weighted by atomic mass is 32.1. The summed E-state index contributed by atoms with van der Waals surface area (Å²) in [6.45, 7) is 4.17. The summed E-state index contributed by atoms with van der Waals surface area (Å²) in [5.41, 5.74) is 0.379. The first-order valence-corrected chi connectivity index (χ1v) is 8.89. The number of likely N-dealkylation sites (N-methyl/N-ethyl adjacent to an activating group) is 1. The SMILES string of the molecule is CCc1cc2c(=O)n(CC(=O)N(CC)c3ccc(F)cc3)cnc2s1. The van der Waals surface area contributed by atoms with Crippen molar-refractivity contribution >= 4 is 33.1 Å². The molecule has 2 aromatic heterocycles. The van der Waals surface area contributed by atoms with Gasteiger partial charge in [0, 0.05) is 17.1 Å². The number of fused-ring (bicyclic) bond motifs is 1. The van der Waals surface area contributed by atoms with Gasteiger partial charge >= 0.3 is 0 Å². The standard InChI is InChI=1S/C18H18FN3O2S/c1-3-14-9-15-17(25-14)20-11-21(18(15)24)10-16(23)22(4-2)13-7-5-12(19)6-8-13/h5-9,11H,3-4,10H2,1-2H3. The molecule has 0 bridgehead atoms. The number of halogens is 1. The average molecular weight is 359 g/mol. The molecule has 0 N–H and O–H groups in total. The van der Waals surface area contributed by atoms with Crippen molar-refractivity contribution in [1.82, 2.24) is 9.55 Å². The maximum Gasteiger partial charge on any atom is 0.262 e. The number of anilines is 1. The number of aromatic nitrogens is 2. The lowest BCUT2D eigenvalue weighted by Crippen LogP contribution is -2.36. The molecule has 0 aliphatic heterocycles. The Balaban J connectivity index is 1.88. The lowest BCUT2D eigenvalue weighted by atomic mass is 10.2. The first kappa shape index (κ1) is 17.3. The Morgan fingerprint density at radius 3 is 2.64 bits per heavy atom. The lowest BCUT2D eigenvalue weighted by molar-refractivity contribution is -0.119. The van der Waals surface area contributed by atoms with Crippen molar-refractivity contribution in [1.29, 1.82) is 0 Å². The van der Waals surface area contributed by atoms with Gasteiger partial charge in [-0.1, -0.05) is 6.92 Å². The largest absolute Gasteiger partial charge is 0.311 e. The monoisotopic (exact) mass is 359 g/mol. The Kier molecular flexibility index (Phi) is 4.94. The van der Waals surface area contributed by atoms with Crippen LogP contribution >= 0.6 is 11.3 Å². The van der Waals surface area contributed by atoms with Gasteiger partial charge in [0.25, 0.3) is 5.56 Å². The van der Waals surface area contributed by atoms with E-state index in [1.807, 2.05) is 19.9 Å². The topological polar surface area (TPSA) is 55.2 Å². The molecule has 0 saturated carbocycles. The summed E-state index contributed by atoms with van der Waals surface area (Å²) in [6, 6.07) is 7.56. The number of benzene rings is 1. The fraction of sp³-hybridized carbons (Fsp3) is 0.278. The third-order valence-electron chi connectivity index (χ3n) is 3.98. The quantitative estimate of drug-likeness (QED) is 0.703. The zero-order chi connectivity index (χ0) is 18.0. The molecule has 25 heavy (non-hydrogen) atoms. The number of amides is 1. The number of nitrogens with zero attached hydrogens (tertiary/aromatic N) is 3. The molecule has 7 heteroatoms. The van der Waals surface area contributed by atoms with E-state index in [9.17, 15) is 14.0 Å². The molecule has 0 aliphatic carbocycles. The molecule has 1 aromatic carbocycles. The molecule has 0 saturated heterocycles. The minimum atomic E-state index is -0.359. The van der Waals surface area contributed by atoms with Crippen LogP contribution in [0.4, 0.5) is 10.1 Å². The molecule has 0 fully saturated rings. The summed E-state index contributed by atoms with van der Waals surface area (Å²) >= 11 is 1.49. The van der Waals surface area contributed by atoms with Crippen LogP contribution in [0.3, 0.4) is 0 Å². The van der Waals surface area contributed by atoms with Gasteiger partial charge in [0.15, 0.2) is 0 Å². The van der Waals surface area contributed by atoms with Gasteiger partial charge in [-0.25, -0.2) is 9.37 Å². The van der Waals surface area contributed by atoms with Crippen molar-refractivity contribution in [3.05, 3.63) is 57.7 Å². The Labute approximate surface area is 148 Å². The van der Waals surface area contributed by atoms with Crippen LogP contribution < -0.4 is 10.5 Å². The van der Waals surface area contributed by atoms with Crippen molar-refractivity contribution in [2.75, 3.05) is 11.4 Å². The van der Waals surface area contributed by atoms with Crippen molar-refractivity contribution in [2.24, 2.45) is 0 Å². The van der Waals surface area contributed by atoms with Gasteiger partial charge in [0.05, 0.1) is 11.7 Å². The van der Waals surface area contributed by atoms with E-state index >= 15 is 0 Å². The van der Waals surface area contributed by atoms with Gasteiger partial charge < -0.3 is 4.90 Å². The van der Waals surface area contributed by atoms with Crippen LogP contribution in [0, 0.1) is 5.82 Å². The number of rotatable bonds is 5. The molecule has 0 atom stereocenters. The van der Waals surface area contributed by atoms with E-state index in [0.29, 0.717) is 22.4 Å². The van der Waals surface area contributed by atoms with E-state index in [-0.39, 0.29) is 23.8 Å². The highest BCUT2D eigenvalue weighted by Gasteiger charge is 2.16. The smallest absolute Gasteiger partial charge is 0.262 e. The van der Waals surface area contributed by atoms with Gasteiger partial charge in [0.2, 0.25) is 5.91 Å². The summed E-state index contributed by atoms with van der Waals surface area (Å²) in [5.74, 6) is -0.606. The summed E-state index contributed by atoms with van der Waals surface area (Å²) in [5, 5.41) is 0.544. The second-order valence-corrected chi connectivity index (χ2v) is 6.69. The molecule has 0 spiro atoms. The number of hydrogen-bond donors (Lipinski definition) is 0. The fourth-order valence-corrected chi connectivity index (χ4v) is 3.58. The van der Waals surface area contributed by atoms with Crippen LogP contribution in [-0.2, 0) is 17.8 Å². The van der Waals surface area contributed by atoms with Crippen molar-refractivity contribution in [3.8, 4) is 0 Å². The van der Waals surface area contributed by atoms with Crippen molar-refractivity contribution < 1.29 is 9.18 Å². The molecular formula is C18H18FN3O2S. The molecule has 1 amide bonds. The highest BCUT2D eigenvalue weighted by Crippen LogP contribution is 2.21. The zero-order valence-corrected chi connectivity index (χ0v) is 14.8. The second kappa shape index (κ2) is 7.14. The van der Waals surface area contributed by atoms with Crippen LogP contribution in [-0.4, -0.2) is 22.0 Å². The van der Waals surface area contributed by atoms with E-state index in [4.69, 9.17) is 0 Å². The minimum absolute atomic E-state index is 0.107. The summed E-state index contributed by atoms with van der Waals surface area (Å²) in [7, 11) is 0. The van der Waals surface area contributed by atoms with Crippen molar-refractivity contribution in [3.63, 3.8) is 0 Å². The predicted molar refractivity (Wildman–Crippen MR) is 97.7 cm³/mol. The van der Waals surface area contributed by atoms with Crippen LogP contribution in [0.25, 0.3) is 10.2 Å². The van der Waals surface area contributed by atoms with Gasteiger partial charge in [-0.2, -0.15) is 0 Å². The third kappa shape index (κ3) is 3.46. The van der Waals surface area contributed by atoms with Crippen molar-refractivity contribution in [2.45, 2.75) is 26.8 Å². The van der Waals surface area contributed by atoms with Crippen LogP contribution in [0.1, 0.15) is 18.7 Å². The first-order chi connectivity index (χ1) is 12.0. The molecule has 3 rings (SSSR count). The van der Waals surface area contributed by atoms with E-state index < -0.39 is 0 Å². The lowest BCUT2D eigenvalue weighted by Gasteiger charge is -2.21. The number of carbonyl (C=O) groups excluding carboxylic acids is 1. The Hall–Kier alpha value is -2.54. The number of aryl methyl sites for hydroxylation is 1. The van der Waals surface area contributed by atoms with Gasteiger partial charge in [-0.05, 0) is 43.7 Å². The number of carbonyl (C=O) groups is 1. The molecule has 0 aliphatic rings. The highest BCUT2D eigenvalue weighted by molar-refractivity contribution is 7.18. The van der Waals surface area contributed by atoms with E-state index in [1.165, 1.54) is 39.3 Å². The molecule has 2 heterocycles. The van der Waals surface area contributed by atoms with Gasteiger partial charge in [0.1, 0.15) is 17.2 Å². The summed E-state index contributed by atoms with van der Waals surface area (Å²) in [4.78, 5) is 32.8. The van der Waals surface area contributed by atoms with Crippen LogP contribution in [0.5, 0.6) is 0 Å². The Morgan fingerprint density at radius 2 is 2.00 bits per heavy atom. The number of thiophene rings is 1. The maximum absolute atomic E-state index is 13.1. The van der Waals surface area contributed by atoms with Gasteiger partial charge in [-0.3, -0.25) is 14.2 Å². The number of hydrogen-bond acceptors (Lipinski definition) is 4. The normalized spacial score (nSPS) is 11.0. The van der Waals surface area contributed by atoms with Gasteiger partial charge in [-0.15, -0.1) is 11.3 Å². The van der Waals surface area contributed by atoms with E-state index in [2.05, 4.69) is 4.98 Å². The van der Waals surface area contributed by atoms with E-state index in [0.717, 1.165) is 11.3 Å². The summed E-state index contributed by atoms with van der Waals surface area (Å²) in [6.07, 6.45) is 2.25. The summed E-state index contributed by atoms with van der Waals surface area (Å²) < 4.78 is 14.4. The molecular weight excluding hydrogens is 341 g/mol. The van der Waals surface area contributed by atoms with E-state index in [1.54, 1.807) is 12.1 Å². The molecule has 130 valence electrons. The Morgan fingerprint density at radius 1 is 1.28 bits per heavy atom. The Bertz CT molecular complexity index is 963. The molecule has 0 radical (unpaired) electrons. The van der Waals surface area contributed by atoms with Crippen LogP contribution in [0.15, 0.2) is 41.5 Å². The molecule has 0 unspecified atom stereocenters. The molecule has 5 nitrogen and oxygen atoms in total. The minimum Gasteiger partial charge on any atom is -0.311 e. The fourth-order valence-electron chi connectivity index (χ4n) is 2.65. The molecule has 3 aromatic rings. The zero-order valence-electron chi connectivity index (χ0n) is 14.0. The van der Waals surface area contributed by atoms with Crippen LogP contribution in [0.2, 0.25) is 0 Å². The second-order valence-electron chi connectivity index (χ2n) is 5.58. The third-order valence-corrected chi connectivity index (χ3v) is 5.17.